The molecule has 4 heteroatoms. The van der Waals surface area contributed by atoms with Crippen molar-refractivity contribution in [3.05, 3.63) is 0 Å². The molecule has 4 fully saturated rings. The fourth-order valence-electron chi connectivity index (χ4n) is 8.05. The average molecular weight is 372 g/mol. The van der Waals surface area contributed by atoms with Gasteiger partial charge in [-0.2, -0.15) is 0 Å². The van der Waals surface area contributed by atoms with Gasteiger partial charge >= 0.3 is 5.97 Å². The van der Waals surface area contributed by atoms with Crippen molar-refractivity contribution in [1.82, 2.24) is 5.32 Å². The number of hydrogen-bond donors (Lipinski definition) is 1. The molecule has 3 aliphatic carbocycles. The topological polar surface area (TPSA) is 55.4 Å². The van der Waals surface area contributed by atoms with E-state index < -0.39 is 0 Å². The molecular formula is C23H33NO3. The van der Waals surface area contributed by atoms with Gasteiger partial charge in [-0.25, -0.2) is 0 Å². The molecule has 1 N–H and O–H groups in total. The molecule has 2 bridgehead atoms. The Labute approximate surface area is 163 Å². The summed E-state index contributed by atoms with van der Waals surface area (Å²) in [6.45, 7) is 7.62. The molecule has 0 aromatic rings. The zero-order valence-corrected chi connectivity index (χ0v) is 17.0. The summed E-state index contributed by atoms with van der Waals surface area (Å²) in [6.07, 6.45) is 14.8. The number of ether oxygens (including phenoxy) is 1. The lowest BCUT2D eigenvalue weighted by molar-refractivity contribution is -0.227. The number of amides is 1. The smallest absolute Gasteiger partial charge is 0.306 e. The summed E-state index contributed by atoms with van der Waals surface area (Å²) in [5, 5.41) is 2.97. The van der Waals surface area contributed by atoms with E-state index >= 15 is 0 Å². The van der Waals surface area contributed by atoms with Gasteiger partial charge in [0.2, 0.25) is 0 Å². The Hall–Kier alpha value is -1.50. The third-order valence-electron chi connectivity index (χ3n) is 8.90. The van der Waals surface area contributed by atoms with E-state index in [2.05, 4.69) is 32.0 Å². The highest BCUT2D eigenvalue weighted by atomic mass is 16.6. The minimum atomic E-state index is -0.306. The van der Waals surface area contributed by atoms with Crippen LogP contribution in [0.25, 0.3) is 0 Å². The van der Waals surface area contributed by atoms with Crippen molar-refractivity contribution in [2.24, 2.45) is 28.1 Å². The predicted molar refractivity (Wildman–Crippen MR) is 104 cm³/mol. The minimum absolute atomic E-state index is 0.00959. The average Bonchev–Trinajstić information content (AvgIpc) is 2.57. The zero-order valence-electron chi connectivity index (χ0n) is 17.0. The molecule has 3 unspecified atom stereocenters. The van der Waals surface area contributed by atoms with Crippen LogP contribution in [0.4, 0.5) is 0 Å². The maximum Gasteiger partial charge on any atom is 0.306 e. The standard InChI is InChI=1S/C23H33NO3/c1-5-18(25)24-15-20(2)9-6-10-22(4)16(20)8-12-23-13-19(26)27-21(3,14-23)11-7-17(22)23/h1,16-17H,6-15H2,2-4H3,(H,24,25)/t16?,17?,20-,21-,22+,23?/m0/s1. The minimum Gasteiger partial charge on any atom is -0.459 e. The number of fused-ring (bicyclic) bond motifs is 3. The Kier molecular flexibility index (Phi) is 4.19. The third kappa shape index (κ3) is 2.80. The highest BCUT2D eigenvalue weighted by molar-refractivity contribution is 5.92. The van der Waals surface area contributed by atoms with Gasteiger partial charge in [0.15, 0.2) is 0 Å². The molecule has 0 aromatic carbocycles. The lowest BCUT2D eigenvalue weighted by Crippen LogP contribution is -2.63. The number of carbonyl (C=O) groups is 2. The van der Waals surface area contributed by atoms with Gasteiger partial charge in [-0.15, -0.1) is 6.42 Å². The molecule has 1 aliphatic heterocycles. The van der Waals surface area contributed by atoms with Crippen LogP contribution in [-0.4, -0.2) is 24.0 Å². The first kappa shape index (κ1) is 18.8. The van der Waals surface area contributed by atoms with Gasteiger partial charge in [0, 0.05) is 6.54 Å². The van der Waals surface area contributed by atoms with E-state index in [9.17, 15) is 9.59 Å². The Bertz CT molecular complexity index is 711. The van der Waals surface area contributed by atoms with Crippen molar-refractivity contribution in [3.8, 4) is 12.3 Å². The molecule has 4 nitrogen and oxygen atoms in total. The summed E-state index contributed by atoms with van der Waals surface area (Å²) in [7, 11) is 0. The van der Waals surface area contributed by atoms with Crippen molar-refractivity contribution in [1.29, 1.82) is 0 Å². The van der Waals surface area contributed by atoms with Gasteiger partial charge in [0.1, 0.15) is 5.60 Å². The molecule has 1 amide bonds. The summed E-state index contributed by atoms with van der Waals surface area (Å²) in [4.78, 5) is 24.1. The maximum atomic E-state index is 12.4. The molecule has 6 atom stereocenters. The van der Waals surface area contributed by atoms with Crippen LogP contribution in [0, 0.1) is 40.4 Å². The second-order valence-electron chi connectivity index (χ2n) is 10.7. The summed E-state index contributed by atoms with van der Waals surface area (Å²) >= 11 is 0. The van der Waals surface area contributed by atoms with E-state index in [1.807, 2.05) is 0 Å². The Morgan fingerprint density at radius 1 is 1.19 bits per heavy atom. The number of rotatable bonds is 2. The lowest BCUT2D eigenvalue weighted by atomic mass is 9.39. The van der Waals surface area contributed by atoms with Crippen LogP contribution in [0.5, 0.6) is 0 Å². The Balaban J connectivity index is 1.64. The molecule has 148 valence electrons. The van der Waals surface area contributed by atoms with Crippen molar-refractivity contribution in [2.75, 3.05) is 6.54 Å². The van der Waals surface area contributed by atoms with Crippen molar-refractivity contribution >= 4 is 11.9 Å². The van der Waals surface area contributed by atoms with E-state index in [0.717, 1.165) is 38.5 Å². The lowest BCUT2D eigenvalue weighted by Gasteiger charge is -2.67. The summed E-state index contributed by atoms with van der Waals surface area (Å²) < 4.78 is 5.77. The first-order valence-electron chi connectivity index (χ1n) is 10.6. The molecule has 0 aromatic heterocycles. The van der Waals surface area contributed by atoms with Gasteiger partial charge in [0.25, 0.3) is 5.91 Å². The first-order chi connectivity index (χ1) is 12.6. The number of carbonyl (C=O) groups excluding carboxylic acids is 2. The van der Waals surface area contributed by atoms with Gasteiger partial charge < -0.3 is 10.1 Å². The molecule has 4 rings (SSSR count). The second kappa shape index (κ2) is 6.00. The predicted octanol–water partition coefficient (Wildman–Crippen LogP) is 3.83. The fraction of sp³-hybridized carbons (Fsp3) is 0.826. The number of nitrogens with one attached hydrogen (secondary N) is 1. The SMILES string of the molecule is C#CC(=O)NC[C@]1(C)CCC[C@@]2(C)C3CC[C@@]4(C)CC3(CCC12)CC(=O)O4. The van der Waals surface area contributed by atoms with Gasteiger partial charge in [-0.1, -0.05) is 20.3 Å². The van der Waals surface area contributed by atoms with Crippen LogP contribution in [0.3, 0.4) is 0 Å². The summed E-state index contributed by atoms with van der Waals surface area (Å²) in [6, 6.07) is 0. The molecule has 1 heterocycles. The van der Waals surface area contributed by atoms with Crippen molar-refractivity contribution in [2.45, 2.75) is 84.2 Å². The molecule has 0 radical (unpaired) electrons. The maximum absolute atomic E-state index is 12.4. The molecule has 1 saturated heterocycles. The summed E-state index contributed by atoms with van der Waals surface area (Å²) in [5.74, 6) is 3.03. The van der Waals surface area contributed by atoms with E-state index in [0.29, 0.717) is 24.8 Å². The largest absolute Gasteiger partial charge is 0.459 e. The second-order valence-corrected chi connectivity index (χ2v) is 10.7. The molecular weight excluding hydrogens is 338 g/mol. The van der Waals surface area contributed by atoms with E-state index in [-0.39, 0.29) is 33.7 Å². The van der Waals surface area contributed by atoms with Gasteiger partial charge in [-0.3, -0.25) is 9.59 Å². The van der Waals surface area contributed by atoms with Gasteiger partial charge in [-0.05, 0) is 85.9 Å². The van der Waals surface area contributed by atoms with Crippen LogP contribution in [-0.2, 0) is 14.3 Å². The quantitative estimate of drug-likeness (QED) is 0.593. The fourth-order valence-corrected chi connectivity index (χ4v) is 8.05. The highest BCUT2D eigenvalue weighted by Crippen LogP contribution is 2.70. The summed E-state index contributed by atoms with van der Waals surface area (Å²) in [5.41, 5.74) is 0.170. The number of esters is 1. The third-order valence-corrected chi connectivity index (χ3v) is 8.90. The molecule has 3 saturated carbocycles. The van der Waals surface area contributed by atoms with Gasteiger partial charge in [0.05, 0.1) is 6.42 Å². The van der Waals surface area contributed by atoms with Crippen LogP contribution < -0.4 is 5.32 Å². The van der Waals surface area contributed by atoms with Crippen molar-refractivity contribution < 1.29 is 14.3 Å². The zero-order chi connectivity index (χ0) is 19.5. The van der Waals surface area contributed by atoms with Crippen LogP contribution in [0.1, 0.15) is 78.6 Å². The van der Waals surface area contributed by atoms with Crippen LogP contribution >= 0.6 is 0 Å². The number of hydrogen-bond acceptors (Lipinski definition) is 3. The Morgan fingerprint density at radius 2 is 1.93 bits per heavy atom. The Morgan fingerprint density at radius 3 is 2.67 bits per heavy atom. The van der Waals surface area contributed by atoms with E-state index in [4.69, 9.17) is 11.2 Å². The van der Waals surface area contributed by atoms with E-state index in [1.54, 1.807) is 0 Å². The van der Waals surface area contributed by atoms with E-state index in [1.165, 1.54) is 12.8 Å². The number of terminal acetylenes is 1. The monoisotopic (exact) mass is 371 g/mol. The molecule has 4 aliphatic rings. The van der Waals surface area contributed by atoms with Crippen LogP contribution in [0.2, 0.25) is 0 Å². The normalized spacial score (nSPS) is 48.4. The molecule has 1 spiro atoms. The molecule has 27 heavy (non-hydrogen) atoms. The van der Waals surface area contributed by atoms with Crippen LogP contribution in [0.15, 0.2) is 0 Å². The first-order valence-corrected chi connectivity index (χ1v) is 10.6. The highest BCUT2D eigenvalue weighted by Gasteiger charge is 2.65. The van der Waals surface area contributed by atoms with Crippen molar-refractivity contribution in [3.63, 3.8) is 0 Å².